The maximum absolute atomic E-state index is 12.3. The van der Waals surface area contributed by atoms with Gasteiger partial charge < -0.3 is 14.5 Å². The Labute approximate surface area is 134 Å². The molecule has 22 heavy (non-hydrogen) atoms. The van der Waals surface area contributed by atoms with Gasteiger partial charge in [0.15, 0.2) is 0 Å². The normalized spacial score (nSPS) is 18.8. The van der Waals surface area contributed by atoms with Crippen LogP contribution in [0, 0.1) is 0 Å². The predicted octanol–water partition coefficient (Wildman–Crippen LogP) is 3.82. The van der Waals surface area contributed by atoms with Crippen LogP contribution in [-0.2, 0) is 11.3 Å². The van der Waals surface area contributed by atoms with Crippen LogP contribution in [0.5, 0.6) is 0 Å². The molecule has 0 unspecified atom stereocenters. The standard InChI is InChI=1S/C18H28N2O2/c1-14(2)22-18(21)20-12-6-5-7-17(20)16-10-8-15(9-11-16)13-19(3)4/h8-11,14,17H,5-7,12-13H2,1-4H3/t17-/m1/s1. The molecule has 4 nitrogen and oxygen atoms in total. The van der Waals surface area contributed by atoms with Crippen molar-refractivity contribution in [3.05, 3.63) is 35.4 Å². The van der Waals surface area contributed by atoms with Crippen LogP contribution in [0.15, 0.2) is 24.3 Å². The van der Waals surface area contributed by atoms with Gasteiger partial charge in [-0.3, -0.25) is 0 Å². The first kappa shape index (κ1) is 16.8. The van der Waals surface area contributed by atoms with Crippen molar-refractivity contribution in [2.45, 2.75) is 51.8 Å². The summed E-state index contributed by atoms with van der Waals surface area (Å²) in [5.41, 5.74) is 2.50. The maximum atomic E-state index is 12.3. The molecule has 2 rings (SSSR count). The third-order valence-electron chi connectivity index (χ3n) is 3.94. The Hall–Kier alpha value is -1.55. The van der Waals surface area contributed by atoms with Gasteiger partial charge in [-0.15, -0.1) is 0 Å². The van der Waals surface area contributed by atoms with E-state index in [4.69, 9.17) is 4.74 Å². The van der Waals surface area contributed by atoms with Crippen molar-refractivity contribution in [3.8, 4) is 0 Å². The van der Waals surface area contributed by atoms with Crippen LogP contribution < -0.4 is 0 Å². The summed E-state index contributed by atoms with van der Waals surface area (Å²) in [6, 6.07) is 8.79. The number of likely N-dealkylation sites (tertiary alicyclic amines) is 1. The van der Waals surface area contributed by atoms with E-state index < -0.39 is 0 Å². The van der Waals surface area contributed by atoms with Gasteiger partial charge in [-0.1, -0.05) is 24.3 Å². The van der Waals surface area contributed by atoms with Crippen molar-refractivity contribution in [2.75, 3.05) is 20.6 Å². The quantitative estimate of drug-likeness (QED) is 0.847. The van der Waals surface area contributed by atoms with Crippen LogP contribution >= 0.6 is 0 Å². The summed E-state index contributed by atoms with van der Waals surface area (Å²) < 4.78 is 5.40. The second kappa shape index (κ2) is 7.63. The van der Waals surface area contributed by atoms with Crippen molar-refractivity contribution in [1.29, 1.82) is 0 Å². The molecule has 1 heterocycles. The first-order valence-electron chi connectivity index (χ1n) is 8.18. The van der Waals surface area contributed by atoms with Crippen molar-refractivity contribution in [1.82, 2.24) is 9.80 Å². The zero-order valence-corrected chi connectivity index (χ0v) is 14.2. The molecule has 122 valence electrons. The molecule has 1 amide bonds. The first-order chi connectivity index (χ1) is 10.5. The molecule has 0 N–H and O–H groups in total. The highest BCUT2D eigenvalue weighted by molar-refractivity contribution is 5.68. The zero-order chi connectivity index (χ0) is 16.1. The third kappa shape index (κ3) is 4.47. The lowest BCUT2D eigenvalue weighted by atomic mass is 9.95. The smallest absolute Gasteiger partial charge is 0.410 e. The van der Waals surface area contributed by atoms with Gasteiger partial charge in [-0.05, 0) is 58.3 Å². The number of hydrogen-bond donors (Lipinski definition) is 0. The van der Waals surface area contributed by atoms with Gasteiger partial charge in [0, 0.05) is 13.1 Å². The molecule has 1 saturated heterocycles. The van der Waals surface area contributed by atoms with E-state index >= 15 is 0 Å². The Morgan fingerprint density at radius 3 is 2.55 bits per heavy atom. The summed E-state index contributed by atoms with van der Waals surface area (Å²) in [7, 11) is 4.14. The highest BCUT2D eigenvalue weighted by atomic mass is 16.6. The predicted molar refractivity (Wildman–Crippen MR) is 88.7 cm³/mol. The van der Waals surface area contributed by atoms with Crippen LogP contribution in [-0.4, -0.2) is 42.6 Å². The van der Waals surface area contributed by atoms with Gasteiger partial charge in [-0.25, -0.2) is 4.79 Å². The Bertz CT molecular complexity index is 482. The lowest BCUT2D eigenvalue weighted by Gasteiger charge is -2.35. The monoisotopic (exact) mass is 304 g/mol. The number of amides is 1. The molecule has 0 radical (unpaired) electrons. The summed E-state index contributed by atoms with van der Waals surface area (Å²) in [6.45, 7) is 5.51. The minimum atomic E-state index is -0.183. The van der Waals surface area contributed by atoms with Crippen LogP contribution in [0.2, 0.25) is 0 Å². The molecule has 4 heteroatoms. The number of nitrogens with zero attached hydrogens (tertiary/aromatic N) is 2. The summed E-state index contributed by atoms with van der Waals surface area (Å²) in [6.07, 6.45) is 2.98. The van der Waals surface area contributed by atoms with Crippen molar-refractivity contribution in [2.24, 2.45) is 0 Å². The average Bonchev–Trinajstić information content (AvgIpc) is 2.47. The van der Waals surface area contributed by atoms with E-state index in [-0.39, 0.29) is 18.2 Å². The van der Waals surface area contributed by atoms with E-state index in [1.165, 1.54) is 11.1 Å². The Kier molecular flexibility index (Phi) is 5.83. The van der Waals surface area contributed by atoms with E-state index in [1.807, 2.05) is 18.7 Å². The minimum absolute atomic E-state index is 0.0717. The summed E-state index contributed by atoms with van der Waals surface area (Å²) in [4.78, 5) is 16.3. The molecule has 1 aromatic carbocycles. The highest BCUT2D eigenvalue weighted by Crippen LogP contribution is 2.31. The first-order valence-corrected chi connectivity index (χ1v) is 8.18. The van der Waals surface area contributed by atoms with Gasteiger partial charge in [-0.2, -0.15) is 0 Å². The number of carbonyl (C=O) groups excluding carboxylic acids is 1. The van der Waals surface area contributed by atoms with E-state index in [0.717, 1.165) is 32.4 Å². The molecule has 0 aromatic heterocycles. The third-order valence-corrected chi connectivity index (χ3v) is 3.94. The molecular formula is C18H28N2O2. The molecule has 0 saturated carbocycles. The number of rotatable bonds is 4. The van der Waals surface area contributed by atoms with Gasteiger partial charge in [0.2, 0.25) is 0 Å². The van der Waals surface area contributed by atoms with E-state index in [2.05, 4.69) is 43.3 Å². The Morgan fingerprint density at radius 2 is 1.95 bits per heavy atom. The summed E-state index contributed by atoms with van der Waals surface area (Å²) >= 11 is 0. The molecule has 0 aliphatic carbocycles. The van der Waals surface area contributed by atoms with Gasteiger partial charge >= 0.3 is 6.09 Å². The van der Waals surface area contributed by atoms with Crippen LogP contribution in [0.3, 0.4) is 0 Å². The molecule has 1 aliphatic rings. The fourth-order valence-electron chi connectivity index (χ4n) is 2.98. The fraction of sp³-hybridized carbons (Fsp3) is 0.611. The fourth-order valence-corrected chi connectivity index (χ4v) is 2.98. The van der Waals surface area contributed by atoms with Gasteiger partial charge in [0.25, 0.3) is 0 Å². The lowest BCUT2D eigenvalue weighted by molar-refractivity contribution is 0.0526. The van der Waals surface area contributed by atoms with Crippen LogP contribution in [0.25, 0.3) is 0 Å². The second-order valence-electron chi connectivity index (χ2n) is 6.62. The number of ether oxygens (including phenoxy) is 1. The lowest BCUT2D eigenvalue weighted by Crippen LogP contribution is -2.39. The highest BCUT2D eigenvalue weighted by Gasteiger charge is 2.29. The number of piperidine rings is 1. The molecule has 0 bridgehead atoms. The number of hydrogen-bond acceptors (Lipinski definition) is 3. The largest absolute Gasteiger partial charge is 0.447 e. The SMILES string of the molecule is CC(C)OC(=O)N1CCCC[C@@H]1c1ccc(CN(C)C)cc1. The van der Waals surface area contributed by atoms with E-state index in [0.29, 0.717) is 0 Å². The minimum Gasteiger partial charge on any atom is -0.447 e. The summed E-state index contributed by atoms with van der Waals surface area (Å²) in [5.74, 6) is 0. The second-order valence-corrected chi connectivity index (χ2v) is 6.62. The Morgan fingerprint density at radius 1 is 1.27 bits per heavy atom. The van der Waals surface area contributed by atoms with Crippen molar-refractivity contribution < 1.29 is 9.53 Å². The van der Waals surface area contributed by atoms with Crippen LogP contribution in [0.1, 0.15) is 50.3 Å². The number of carbonyl (C=O) groups is 1. The zero-order valence-electron chi connectivity index (χ0n) is 14.2. The summed E-state index contributed by atoms with van der Waals surface area (Å²) in [5, 5.41) is 0. The molecule has 1 aromatic rings. The topological polar surface area (TPSA) is 32.8 Å². The van der Waals surface area contributed by atoms with Crippen LogP contribution in [0.4, 0.5) is 4.79 Å². The van der Waals surface area contributed by atoms with Gasteiger partial charge in [0.05, 0.1) is 12.1 Å². The van der Waals surface area contributed by atoms with E-state index in [9.17, 15) is 4.79 Å². The van der Waals surface area contributed by atoms with Crippen molar-refractivity contribution in [3.63, 3.8) is 0 Å². The molecule has 1 aliphatic heterocycles. The molecule has 0 spiro atoms. The van der Waals surface area contributed by atoms with E-state index in [1.54, 1.807) is 0 Å². The average molecular weight is 304 g/mol. The molecule has 1 fully saturated rings. The molecular weight excluding hydrogens is 276 g/mol. The maximum Gasteiger partial charge on any atom is 0.410 e. The van der Waals surface area contributed by atoms with Gasteiger partial charge in [0.1, 0.15) is 0 Å². The number of benzene rings is 1. The Balaban J connectivity index is 2.11. The molecule has 1 atom stereocenters. The van der Waals surface area contributed by atoms with Crippen molar-refractivity contribution >= 4 is 6.09 Å².